The molecule has 0 saturated carbocycles. The summed E-state index contributed by atoms with van der Waals surface area (Å²) in [5.74, 6) is -0.229. The van der Waals surface area contributed by atoms with E-state index < -0.39 is 5.97 Å². The van der Waals surface area contributed by atoms with Gasteiger partial charge in [0.1, 0.15) is 5.82 Å². The van der Waals surface area contributed by atoms with Crippen molar-refractivity contribution in [2.45, 2.75) is 6.54 Å². The Morgan fingerprint density at radius 3 is 2.48 bits per heavy atom. The number of carbonyl (C=O) groups is 1. The molecule has 0 aliphatic rings. The molecule has 0 saturated heterocycles. The number of aliphatic hydroxyl groups is 1. The summed E-state index contributed by atoms with van der Waals surface area (Å²) < 4.78 is 1.94. The zero-order valence-corrected chi connectivity index (χ0v) is 11.2. The highest BCUT2D eigenvalue weighted by Crippen LogP contribution is 2.25. The molecule has 5 heteroatoms. The zero-order valence-electron chi connectivity index (χ0n) is 11.2. The lowest BCUT2D eigenvalue weighted by Gasteiger charge is -2.07. The van der Waals surface area contributed by atoms with E-state index in [1.165, 1.54) is 0 Å². The second-order valence-electron chi connectivity index (χ2n) is 4.68. The fourth-order valence-electron chi connectivity index (χ4n) is 2.38. The summed E-state index contributed by atoms with van der Waals surface area (Å²) >= 11 is 0. The van der Waals surface area contributed by atoms with E-state index in [0.717, 1.165) is 22.4 Å². The molecule has 106 valence electrons. The van der Waals surface area contributed by atoms with Gasteiger partial charge in [0.25, 0.3) is 0 Å². The molecule has 2 N–H and O–H groups in total. The van der Waals surface area contributed by atoms with E-state index in [1.807, 2.05) is 28.8 Å². The summed E-state index contributed by atoms with van der Waals surface area (Å²) in [5, 5.41) is 18.2. The quantitative estimate of drug-likeness (QED) is 0.770. The molecule has 0 aliphatic heterocycles. The highest BCUT2D eigenvalue weighted by Gasteiger charge is 2.12. The maximum Gasteiger partial charge on any atom is 0.335 e. The lowest BCUT2D eigenvalue weighted by atomic mass is 10.1. The second kappa shape index (κ2) is 5.38. The molecule has 0 atom stereocenters. The van der Waals surface area contributed by atoms with E-state index in [4.69, 9.17) is 5.11 Å². The van der Waals surface area contributed by atoms with Gasteiger partial charge < -0.3 is 14.8 Å². The van der Waals surface area contributed by atoms with E-state index in [-0.39, 0.29) is 12.2 Å². The van der Waals surface area contributed by atoms with Crippen molar-refractivity contribution >= 4 is 17.0 Å². The minimum Gasteiger partial charge on any atom is -0.478 e. The van der Waals surface area contributed by atoms with Gasteiger partial charge in [-0.15, -0.1) is 0 Å². The van der Waals surface area contributed by atoms with Crippen LogP contribution in [0.15, 0.2) is 48.5 Å². The Hall–Kier alpha value is -2.66. The van der Waals surface area contributed by atoms with Crippen molar-refractivity contribution in [1.82, 2.24) is 9.55 Å². The number of fused-ring (bicyclic) bond motifs is 1. The van der Waals surface area contributed by atoms with Crippen LogP contribution in [0, 0.1) is 0 Å². The van der Waals surface area contributed by atoms with Crippen LogP contribution in [0.1, 0.15) is 10.4 Å². The molecule has 3 rings (SSSR count). The summed E-state index contributed by atoms with van der Waals surface area (Å²) in [6.07, 6.45) is 0. The smallest absolute Gasteiger partial charge is 0.335 e. The second-order valence-corrected chi connectivity index (χ2v) is 4.68. The number of benzene rings is 2. The van der Waals surface area contributed by atoms with E-state index in [0.29, 0.717) is 6.54 Å². The molecule has 21 heavy (non-hydrogen) atoms. The Morgan fingerprint density at radius 1 is 1.10 bits per heavy atom. The maximum absolute atomic E-state index is 10.9. The van der Waals surface area contributed by atoms with Crippen LogP contribution < -0.4 is 0 Å². The Morgan fingerprint density at radius 2 is 1.81 bits per heavy atom. The Bertz CT molecular complexity index is 791. The monoisotopic (exact) mass is 282 g/mol. The van der Waals surface area contributed by atoms with Crippen molar-refractivity contribution in [3.05, 3.63) is 54.1 Å². The molecule has 1 aromatic heterocycles. The first kappa shape index (κ1) is 13.3. The van der Waals surface area contributed by atoms with Crippen LogP contribution in [0.5, 0.6) is 0 Å². The van der Waals surface area contributed by atoms with Crippen molar-refractivity contribution in [3.8, 4) is 11.4 Å². The molecule has 0 aliphatic carbocycles. The normalized spacial score (nSPS) is 10.9. The number of rotatable bonds is 4. The minimum atomic E-state index is -0.953. The summed E-state index contributed by atoms with van der Waals surface area (Å²) in [6, 6.07) is 14.3. The van der Waals surface area contributed by atoms with E-state index >= 15 is 0 Å². The third-order valence-electron chi connectivity index (χ3n) is 3.37. The number of hydrogen-bond acceptors (Lipinski definition) is 3. The molecule has 2 aromatic carbocycles. The van der Waals surface area contributed by atoms with Gasteiger partial charge in [-0.05, 0) is 24.3 Å². The molecule has 5 nitrogen and oxygen atoms in total. The number of aliphatic hydroxyl groups excluding tert-OH is 1. The molecule has 0 amide bonds. The van der Waals surface area contributed by atoms with Crippen LogP contribution in [-0.2, 0) is 6.54 Å². The standard InChI is InChI=1S/C16H14N2O3/c19-10-9-18-14-4-2-1-3-13(14)17-15(18)11-5-7-12(8-6-11)16(20)21/h1-8,19H,9-10H2,(H,20,21). The Kier molecular flexibility index (Phi) is 3.41. The fraction of sp³-hybridized carbons (Fsp3) is 0.125. The van der Waals surface area contributed by atoms with Crippen molar-refractivity contribution < 1.29 is 15.0 Å². The first-order valence-corrected chi connectivity index (χ1v) is 6.60. The van der Waals surface area contributed by atoms with Gasteiger partial charge in [0.2, 0.25) is 0 Å². The number of imidazole rings is 1. The summed E-state index contributed by atoms with van der Waals surface area (Å²) in [6.45, 7) is 0.455. The van der Waals surface area contributed by atoms with Gasteiger partial charge in [-0.3, -0.25) is 0 Å². The predicted molar refractivity (Wildman–Crippen MR) is 79.2 cm³/mol. The molecule has 0 bridgehead atoms. The molecule has 0 spiro atoms. The number of carboxylic acids is 1. The van der Waals surface area contributed by atoms with Crippen molar-refractivity contribution in [2.24, 2.45) is 0 Å². The number of aromatic carboxylic acids is 1. The molecule has 0 unspecified atom stereocenters. The fourth-order valence-corrected chi connectivity index (χ4v) is 2.38. The third-order valence-corrected chi connectivity index (χ3v) is 3.37. The first-order chi connectivity index (χ1) is 10.2. The number of hydrogen-bond donors (Lipinski definition) is 2. The van der Waals surface area contributed by atoms with Gasteiger partial charge in [-0.2, -0.15) is 0 Å². The minimum absolute atomic E-state index is 0.0144. The van der Waals surface area contributed by atoms with Gasteiger partial charge in [0.05, 0.1) is 23.2 Å². The van der Waals surface area contributed by atoms with Crippen LogP contribution >= 0.6 is 0 Å². The van der Waals surface area contributed by atoms with E-state index in [2.05, 4.69) is 4.98 Å². The molecule has 1 heterocycles. The van der Waals surface area contributed by atoms with Crippen LogP contribution in [0.3, 0.4) is 0 Å². The molecule has 0 fully saturated rings. The Labute approximate surface area is 121 Å². The van der Waals surface area contributed by atoms with Gasteiger partial charge in [-0.25, -0.2) is 9.78 Å². The van der Waals surface area contributed by atoms with Crippen LogP contribution in [-0.4, -0.2) is 32.3 Å². The van der Waals surface area contributed by atoms with Gasteiger partial charge in [0.15, 0.2) is 0 Å². The highest BCUT2D eigenvalue weighted by molar-refractivity contribution is 5.88. The molecular formula is C16H14N2O3. The van der Waals surface area contributed by atoms with E-state index in [1.54, 1.807) is 24.3 Å². The number of nitrogens with zero attached hydrogens (tertiary/aromatic N) is 2. The maximum atomic E-state index is 10.9. The van der Waals surface area contributed by atoms with Crippen LogP contribution in [0.2, 0.25) is 0 Å². The third kappa shape index (κ3) is 2.39. The van der Waals surface area contributed by atoms with E-state index in [9.17, 15) is 9.90 Å². The first-order valence-electron chi connectivity index (χ1n) is 6.60. The molecule has 0 radical (unpaired) electrons. The number of para-hydroxylation sites is 2. The SMILES string of the molecule is O=C(O)c1ccc(-c2nc3ccccc3n2CCO)cc1. The average molecular weight is 282 g/mol. The summed E-state index contributed by atoms with van der Waals surface area (Å²) in [4.78, 5) is 15.5. The van der Waals surface area contributed by atoms with Crippen LogP contribution in [0.25, 0.3) is 22.4 Å². The van der Waals surface area contributed by atoms with Crippen molar-refractivity contribution in [3.63, 3.8) is 0 Å². The zero-order chi connectivity index (χ0) is 14.8. The molecule has 3 aromatic rings. The molecular weight excluding hydrogens is 268 g/mol. The topological polar surface area (TPSA) is 75.3 Å². The largest absolute Gasteiger partial charge is 0.478 e. The lowest BCUT2D eigenvalue weighted by molar-refractivity contribution is 0.0697. The summed E-state index contributed by atoms with van der Waals surface area (Å²) in [5.41, 5.74) is 2.86. The summed E-state index contributed by atoms with van der Waals surface area (Å²) in [7, 11) is 0. The predicted octanol–water partition coefficient (Wildman–Crippen LogP) is 2.39. The van der Waals surface area contributed by atoms with Crippen LogP contribution in [0.4, 0.5) is 0 Å². The van der Waals surface area contributed by atoms with Gasteiger partial charge in [-0.1, -0.05) is 24.3 Å². The highest BCUT2D eigenvalue weighted by atomic mass is 16.4. The number of carboxylic acid groups (broad SMARTS) is 1. The van der Waals surface area contributed by atoms with Gasteiger partial charge >= 0.3 is 5.97 Å². The van der Waals surface area contributed by atoms with Crippen molar-refractivity contribution in [1.29, 1.82) is 0 Å². The average Bonchev–Trinajstić information content (AvgIpc) is 2.87. The van der Waals surface area contributed by atoms with Gasteiger partial charge in [0, 0.05) is 12.1 Å². The van der Waals surface area contributed by atoms with Crippen molar-refractivity contribution in [2.75, 3.05) is 6.61 Å². The Balaban J connectivity index is 2.14. The number of aromatic nitrogens is 2. The lowest BCUT2D eigenvalue weighted by Crippen LogP contribution is -2.04.